The van der Waals surface area contributed by atoms with E-state index in [1.807, 2.05) is 13.8 Å². The molecule has 176 valence electrons. The first-order valence-corrected chi connectivity index (χ1v) is 13.2. The van der Waals surface area contributed by atoms with Crippen LogP contribution < -0.4 is 5.32 Å². The van der Waals surface area contributed by atoms with E-state index in [0.717, 1.165) is 24.8 Å². The van der Waals surface area contributed by atoms with Crippen LogP contribution in [0.1, 0.15) is 46.5 Å². The molecule has 0 aromatic heterocycles. The van der Waals surface area contributed by atoms with Gasteiger partial charge in [0.2, 0.25) is 10.0 Å². The van der Waals surface area contributed by atoms with Gasteiger partial charge in [-0.3, -0.25) is 4.99 Å². The summed E-state index contributed by atoms with van der Waals surface area (Å²) in [5.74, 6) is 1.81. The Kier molecular flexibility index (Phi) is 10.8. The topological polar surface area (TPSA) is 77.5 Å². The van der Waals surface area contributed by atoms with E-state index >= 15 is 0 Å². The van der Waals surface area contributed by atoms with Crippen LogP contribution >= 0.6 is 0 Å². The van der Waals surface area contributed by atoms with E-state index in [-0.39, 0.29) is 18.5 Å². The lowest BCUT2D eigenvalue weighted by Gasteiger charge is -2.36. The molecular weight excluding hydrogens is 402 g/mol. The van der Waals surface area contributed by atoms with Crippen LogP contribution in [0.5, 0.6) is 0 Å². The summed E-state index contributed by atoms with van der Waals surface area (Å²) in [6.07, 6.45) is 5.03. The Bertz CT molecular complexity index is 610. The van der Waals surface area contributed by atoms with Crippen LogP contribution in [-0.2, 0) is 14.8 Å². The lowest BCUT2D eigenvalue weighted by molar-refractivity contribution is 0.0904. The van der Waals surface area contributed by atoms with Crippen molar-refractivity contribution in [3.05, 3.63) is 0 Å². The number of aliphatic imine (C=N–C) groups is 1. The van der Waals surface area contributed by atoms with Crippen molar-refractivity contribution in [1.82, 2.24) is 19.4 Å². The average molecular weight is 446 g/mol. The van der Waals surface area contributed by atoms with Gasteiger partial charge in [-0.25, -0.2) is 8.42 Å². The molecule has 0 amide bonds. The minimum absolute atomic E-state index is 0.0497. The number of unbranched alkanes of at least 4 members (excludes halogenated alkanes) is 1. The van der Waals surface area contributed by atoms with Crippen LogP contribution in [0.2, 0.25) is 0 Å². The molecule has 0 spiro atoms. The van der Waals surface area contributed by atoms with Crippen molar-refractivity contribution in [2.45, 2.75) is 52.6 Å². The minimum Gasteiger partial charge on any atom is -0.378 e. The Morgan fingerprint density at radius 2 is 1.77 bits per heavy atom. The molecule has 0 radical (unpaired) electrons. The fourth-order valence-electron chi connectivity index (χ4n) is 3.97. The molecule has 0 atom stereocenters. The molecule has 9 heteroatoms. The summed E-state index contributed by atoms with van der Waals surface area (Å²) in [5.41, 5.74) is 0. The molecule has 2 saturated heterocycles. The highest BCUT2D eigenvalue weighted by Crippen LogP contribution is 2.16. The van der Waals surface area contributed by atoms with Gasteiger partial charge in [-0.05, 0) is 65.1 Å². The van der Waals surface area contributed by atoms with E-state index in [2.05, 4.69) is 27.0 Å². The Balaban J connectivity index is 1.63. The van der Waals surface area contributed by atoms with E-state index in [4.69, 9.17) is 4.74 Å². The number of sulfonamides is 1. The van der Waals surface area contributed by atoms with Gasteiger partial charge in [-0.15, -0.1) is 0 Å². The zero-order valence-electron chi connectivity index (χ0n) is 19.5. The summed E-state index contributed by atoms with van der Waals surface area (Å²) < 4.78 is 32.0. The highest BCUT2D eigenvalue weighted by Gasteiger charge is 2.28. The third-order valence-electron chi connectivity index (χ3n) is 6.00. The van der Waals surface area contributed by atoms with E-state index in [1.165, 1.54) is 38.9 Å². The smallest absolute Gasteiger partial charge is 0.216 e. The zero-order chi connectivity index (χ0) is 22.0. The van der Waals surface area contributed by atoms with Crippen LogP contribution in [0.3, 0.4) is 0 Å². The van der Waals surface area contributed by atoms with Gasteiger partial charge in [-0.2, -0.15) is 4.31 Å². The number of nitrogens with zero attached hydrogens (tertiary/aromatic N) is 4. The van der Waals surface area contributed by atoms with Crippen molar-refractivity contribution < 1.29 is 13.2 Å². The summed E-state index contributed by atoms with van der Waals surface area (Å²) in [6, 6.07) is 0. The Morgan fingerprint density at radius 1 is 1.10 bits per heavy atom. The van der Waals surface area contributed by atoms with Crippen molar-refractivity contribution in [2.24, 2.45) is 10.9 Å². The maximum Gasteiger partial charge on any atom is 0.216 e. The van der Waals surface area contributed by atoms with E-state index in [9.17, 15) is 8.42 Å². The third-order valence-corrected chi connectivity index (χ3v) is 7.83. The maximum absolute atomic E-state index is 12.5. The minimum atomic E-state index is -3.26. The molecule has 0 bridgehead atoms. The number of hydrogen-bond acceptors (Lipinski definition) is 5. The first kappa shape index (κ1) is 25.4. The fourth-order valence-corrected chi connectivity index (χ4v) is 5.26. The largest absolute Gasteiger partial charge is 0.378 e. The van der Waals surface area contributed by atoms with Gasteiger partial charge in [0, 0.05) is 39.8 Å². The molecule has 0 unspecified atom stereocenters. The Labute approximate surface area is 184 Å². The van der Waals surface area contributed by atoms with Crippen molar-refractivity contribution in [3.8, 4) is 0 Å². The predicted octanol–water partition coefficient (Wildman–Crippen LogP) is 1.45. The van der Waals surface area contributed by atoms with Crippen molar-refractivity contribution in [3.63, 3.8) is 0 Å². The van der Waals surface area contributed by atoms with E-state index < -0.39 is 10.0 Å². The molecule has 0 saturated carbocycles. The fraction of sp³-hybridized carbons (Fsp3) is 0.952. The highest BCUT2D eigenvalue weighted by atomic mass is 32.2. The molecule has 1 N–H and O–H groups in total. The number of guanidine groups is 1. The summed E-state index contributed by atoms with van der Waals surface area (Å²) in [7, 11) is -1.46. The first-order valence-electron chi connectivity index (χ1n) is 11.6. The second-order valence-electron chi connectivity index (χ2n) is 8.83. The third kappa shape index (κ3) is 8.69. The number of ether oxygens (including phenoxy) is 1. The van der Waals surface area contributed by atoms with Crippen molar-refractivity contribution in [1.29, 1.82) is 0 Å². The molecular formula is C21H43N5O3S. The van der Waals surface area contributed by atoms with Gasteiger partial charge >= 0.3 is 0 Å². The van der Waals surface area contributed by atoms with Gasteiger partial charge in [0.15, 0.2) is 5.96 Å². The molecule has 2 rings (SSSR count). The number of likely N-dealkylation sites (tertiary alicyclic amines) is 1. The summed E-state index contributed by atoms with van der Waals surface area (Å²) >= 11 is 0. The van der Waals surface area contributed by atoms with Gasteiger partial charge in [0.25, 0.3) is 0 Å². The van der Waals surface area contributed by atoms with Crippen molar-refractivity contribution in [2.75, 3.05) is 71.8 Å². The first-order chi connectivity index (χ1) is 14.3. The number of rotatable bonds is 10. The zero-order valence-corrected chi connectivity index (χ0v) is 20.3. The quantitative estimate of drug-likeness (QED) is 0.312. The van der Waals surface area contributed by atoms with Crippen LogP contribution in [0.25, 0.3) is 0 Å². The summed E-state index contributed by atoms with van der Waals surface area (Å²) in [6.45, 7) is 13.3. The Morgan fingerprint density at radius 3 is 2.37 bits per heavy atom. The standard InChI is InChI=1S/C21H43N5O3S/c1-19(2)29-17-18-30(27,28)26-15-13-25(14-16-26)21(22-4)23-9-5-6-10-24-11-7-20(3)8-12-24/h19-20H,5-18H2,1-4H3,(H,22,23). The lowest BCUT2D eigenvalue weighted by Crippen LogP contribution is -2.54. The van der Waals surface area contributed by atoms with Gasteiger partial charge in [0.1, 0.15) is 0 Å². The second kappa shape index (κ2) is 12.8. The Hall–Kier alpha value is -0.900. The highest BCUT2D eigenvalue weighted by molar-refractivity contribution is 7.89. The molecule has 8 nitrogen and oxygen atoms in total. The van der Waals surface area contributed by atoms with Crippen molar-refractivity contribution >= 4 is 16.0 Å². The second-order valence-corrected chi connectivity index (χ2v) is 10.9. The number of piperidine rings is 1. The SMILES string of the molecule is CN=C(NCCCCN1CCC(C)CC1)N1CCN(S(=O)(=O)CCOC(C)C)CC1. The van der Waals surface area contributed by atoms with Crippen LogP contribution in [0.4, 0.5) is 0 Å². The van der Waals surface area contributed by atoms with Crippen LogP contribution in [0.15, 0.2) is 4.99 Å². The average Bonchev–Trinajstić information content (AvgIpc) is 2.72. The van der Waals surface area contributed by atoms with E-state index in [0.29, 0.717) is 26.2 Å². The maximum atomic E-state index is 12.5. The molecule has 0 aromatic rings. The summed E-state index contributed by atoms with van der Waals surface area (Å²) in [4.78, 5) is 9.14. The molecule has 2 aliphatic rings. The predicted molar refractivity (Wildman–Crippen MR) is 123 cm³/mol. The van der Waals surface area contributed by atoms with Crippen LogP contribution in [0, 0.1) is 5.92 Å². The molecule has 2 aliphatic heterocycles. The number of hydrogen-bond donors (Lipinski definition) is 1. The van der Waals surface area contributed by atoms with Crippen LogP contribution in [-0.4, -0.2) is 106 Å². The van der Waals surface area contributed by atoms with Gasteiger partial charge in [-0.1, -0.05) is 6.92 Å². The molecule has 2 heterocycles. The lowest BCUT2D eigenvalue weighted by atomic mass is 9.99. The molecule has 0 aromatic carbocycles. The molecule has 30 heavy (non-hydrogen) atoms. The van der Waals surface area contributed by atoms with E-state index in [1.54, 1.807) is 11.4 Å². The summed E-state index contributed by atoms with van der Waals surface area (Å²) in [5, 5.41) is 3.45. The monoisotopic (exact) mass is 445 g/mol. The normalized spacial score (nSPS) is 20.8. The van der Waals surface area contributed by atoms with Gasteiger partial charge < -0.3 is 19.9 Å². The number of piperazine rings is 1. The number of nitrogens with one attached hydrogen (secondary N) is 1. The van der Waals surface area contributed by atoms with Gasteiger partial charge in [0.05, 0.1) is 18.5 Å². The molecule has 2 fully saturated rings. The molecule has 0 aliphatic carbocycles.